The van der Waals surface area contributed by atoms with E-state index in [1.165, 1.54) is 0 Å². The van der Waals surface area contributed by atoms with Gasteiger partial charge < -0.3 is 20.3 Å². The standard InChI is InChI=1S/C19H25N3O4/c1-19(2,3)22-10-13(8-18(22)25)20-17(24)11-26-14-6-4-12-5-7-16(23)21-15(12)9-14/h4,6,9,13H,5,7-8,10-11H2,1-3H3,(H,20,24)(H,21,23). The second-order valence-corrected chi connectivity index (χ2v) is 7.80. The first-order chi connectivity index (χ1) is 12.2. The average Bonchev–Trinajstić information content (AvgIpc) is 2.93. The summed E-state index contributed by atoms with van der Waals surface area (Å²) in [5, 5.41) is 5.66. The van der Waals surface area contributed by atoms with Gasteiger partial charge in [0.1, 0.15) is 5.75 Å². The number of hydrogen-bond acceptors (Lipinski definition) is 4. The maximum atomic E-state index is 12.1. The Morgan fingerprint density at radius 2 is 2.08 bits per heavy atom. The number of nitrogens with one attached hydrogen (secondary N) is 2. The maximum Gasteiger partial charge on any atom is 0.258 e. The van der Waals surface area contributed by atoms with Gasteiger partial charge in [0.05, 0.1) is 6.04 Å². The number of nitrogens with zero attached hydrogens (tertiary/aromatic N) is 1. The molecule has 1 fully saturated rings. The van der Waals surface area contributed by atoms with E-state index in [2.05, 4.69) is 10.6 Å². The third-order valence-electron chi connectivity index (χ3n) is 4.65. The Kier molecular flexibility index (Phi) is 4.89. The van der Waals surface area contributed by atoms with Gasteiger partial charge in [-0.2, -0.15) is 0 Å². The quantitative estimate of drug-likeness (QED) is 0.852. The van der Waals surface area contributed by atoms with Gasteiger partial charge >= 0.3 is 0 Å². The largest absolute Gasteiger partial charge is 0.484 e. The van der Waals surface area contributed by atoms with Gasteiger partial charge in [0.2, 0.25) is 11.8 Å². The van der Waals surface area contributed by atoms with E-state index in [4.69, 9.17) is 4.74 Å². The fourth-order valence-corrected chi connectivity index (χ4v) is 3.31. The molecule has 140 valence electrons. The zero-order chi connectivity index (χ0) is 18.9. The molecule has 2 heterocycles. The Hall–Kier alpha value is -2.57. The van der Waals surface area contributed by atoms with Crippen LogP contribution in [0.5, 0.6) is 5.75 Å². The third kappa shape index (κ3) is 4.15. The highest BCUT2D eigenvalue weighted by Crippen LogP contribution is 2.27. The van der Waals surface area contributed by atoms with Gasteiger partial charge in [-0.1, -0.05) is 6.07 Å². The number of carbonyl (C=O) groups is 3. The topological polar surface area (TPSA) is 87.7 Å². The zero-order valence-corrected chi connectivity index (χ0v) is 15.4. The predicted octanol–water partition coefficient (Wildman–Crippen LogP) is 1.47. The lowest BCUT2D eigenvalue weighted by Crippen LogP contribution is -2.45. The molecular formula is C19H25N3O4. The lowest BCUT2D eigenvalue weighted by molar-refractivity contribution is -0.131. The highest BCUT2D eigenvalue weighted by Gasteiger charge is 2.36. The normalized spacial score (nSPS) is 19.8. The molecule has 1 aromatic rings. The van der Waals surface area contributed by atoms with Crippen LogP contribution in [0.25, 0.3) is 0 Å². The predicted molar refractivity (Wildman–Crippen MR) is 96.9 cm³/mol. The SMILES string of the molecule is CC(C)(C)N1CC(NC(=O)COc2ccc3c(c2)NC(=O)CC3)CC1=O. The summed E-state index contributed by atoms with van der Waals surface area (Å²) in [5.74, 6) is 0.302. The molecule has 3 rings (SSSR count). The number of fused-ring (bicyclic) bond motifs is 1. The third-order valence-corrected chi connectivity index (χ3v) is 4.65. The first-order valence-electron chi connectivity index (χ1n) is 8.88. The van der Waals surface area contributed by atoms with Crippen molar-refractivity contribution in [2.75, 3.05) is 18.5 Å². The summed E-state index contributed by atoms with van der Waals surface area (Å²) in [4.78, 5) is 37.5. The first kappa shape index (κ1) is 18.2. The Bertz CT molecular complexity index is 739. The summed E-state index contributed by atoms with van der Waals surface area (Å²) in [6.07, 6.45) is 1.51. The summed E-state index contributed by atoms with van der Waals surface area (Å²) in [7, 11) is 0. The molecule has 2 aliphatic rings. The van der Waals surface area contributed by atoms with Crippen molar-refractivity contribution in [2.24, 2.45) is 0 Å². The van der Waals surface area contributed by atoms with E-state index in [9.17, 15) is 14.4 Å². The van der Waals surface area contributed by atoms with E-state index in [-0.39, 0.29) is 35.9 Å². The van der Waals surface area contributed by atoms with Crippen LogP contribution in [0.3, 0.4) is 0 Å². The first-order valence-corrected chi connectivity index (χ1v) is 8.88. The van der Waals surface area contributed by atoms with E-state index in [1.807, 2.05) is 26.8 Å². The highest BCUT2D eigenvalue weighted by atomic mass is 16.5. The summed E-state index contributed by atoms with van der Waals surface area (Å²) in [6, 6.07) is 5.24. The number of anilines is 1. The Morgan fingerprint density at radius 3 is 2.77 bits per heavy atom. The molecule has 1 atom stereocenters. The number of likely N-dealkylation sites (tertiary alicyclic amines) is 1. The smallest absolute Gasteiger partial charge is 0.258 e. The lowest BCUT2D eigenvalue weighted by atomic mass is 10.0. The minimum Gasteiger partial charge on any atom is -0.484 e. The summed E-state index contributed by atoms with van der Waals surface area (Å²) < 4.78 is 5.54. The average molecular weight is 359 g/mol. The summed E-state index contributed by atoms with van der Waals surface area (Å²) in [5.41, 5.74) is 1.55. The summed E-state index contributed by atoms with van der Waals surface area (Å²) >= 11 is 0. The minimum absolute atomic E-state index is 0.0123. The maximum absolute atomic E-state index is 12.1. The van der Waals surface area contributed by atoms with Gasteiger partial charge in [-0.05, 0) is 38.8 Å². The van der Waals surface area contributed by atoms with Gasteiger partial charge in [0.25, 0.3) is 5.91 Å². The second kappa shape index (κ2) is 6.97. The number of hydrogen-bond donors (Lipinski definition) is 2. The van der Waals surface area contributed by atoms with Crippen LogP contribution >= 0.6 is 0 Å². The van der Waals surface area contributed by atoms with Crippen LogP contribution in [0.4, 0.5) is 5.69 Å². The van der Waals surface area contributed by atoms with E-state index >= 15 is 0 Å². The van der Waals surface area contributed by atoms with E-state index < -0.39 is 0 Å². The second-order valence-electron chi connectivity index (χ2n) is 7.80. The molecule has 0 aromatic heterocycles. The molecule has 0 spiro atoms. The molecule has 1 saturated heterocycles. The van der Waals surface area contributed by atoms with Crippen molar-refractivity contribution in [3.63, 3.8) is 0 Å². The van der Waals surface area contributed by atoms with Crippen LogP contribution in [0.15, 0.2) is 18.2 Å². The van der Waals surface area contributed by atoms with Gasteiger partial charge in [-0.25, -0.2) is 0 Å². The molecule has 1 unspecified atom stereocenters. The zero-order valence-electron chi connectivity index (χ0n) is 15.4. The van der Waals surface area contributed by atoms with Gasteiger partial charge in [0.15, 0.2) is 6.61 Å². The van der Waals surface area contributed by atoms with Crippen molar-refractivity contribution in [2.45, 2.75) is 51.6 Å². The molecule has 0 aliphatic carbocycles. The molecule has 26 heavy (non-hydrogen) atoms. The van der Waals surface area contributed by atoms with Crippen LogP contribution < -0.4 is 15.4 Å². The Morgan fingerprint density at radius 1 is 1.31 bits per heavy atom. The van der Waals surface area contributed by atoms with E-state index in [1.54, 1.807) is 17.0 Å². The number of benzene rings is 1. The Balaban J connectivity index is 1.51. The van der Waals surface area contributed by atoms with Crippen LogP contribution in [-0.4, -0.2) is 47.4 Å². The molecular weight excluding hydrogens is 334 g/mol. The Labute approximate surface area is 153 Å². The lowest BCUT2D eigenvalue weighted by Gasteiger charge is -2.32. The molecule has 3 amide bonds. The molecule has 0 radical (unpaired) electrons. The molecule has 0 saturated carbocycles. The van der Waals surface area contributed by atoms with Crippen molar-refractivity contribution in [1.29, 1.82) is 0 Å². The number of aryl methyl sites for hydroxylation is 1. The fourth-order valence-electron chi connectivity index (χ4n) is 3.31. The molecule has 2 aliphatic heterocycles. The van der Waals surface area contributed by atoms with Crippen molar-refractivity contribution in [3.05, 3.63) is 23.8 Å². The van der Waals surface area contributed by atoms with Crippen LogP contribution in [-0.2, 0) is 20.8 Å². The molecule has 7 heteroatoms. The van der Waals surface area contributed by atoms with Gasteiger partial charge in [0, 0.05) is 36.7 Å². The molecule has 1 aromatic carbocycles. The molecule has 7 nitrogen and oxygen atoms in total. The van der Waals surface area contributed by atoms with Crippen LogP contribution in [0.1, 0.15) is 39.2 Å². The number of rotatable bonds is 4. The van der Waals surface area contributed by atoms with Crippen molar-refractivity contribution in [1.82, 2.24) is 10.2 Å². The fraction of sp³-hybridized carbons (Fsp3) is 0.526. The monoisotopic (exact) mass is 359 g/mol. The van der Waals surface area contributed by atoms with E-state index in [0.29, 0.717) is 31.6 Å². The number of ether oxygens (including phenoxy) is 1. The molecule has 2 N–H and O–H groups in total. The van der Waals surface area contributed by atoms with Gasteiger partial charge in [-0.3, -0.25) is 14.4 Å². The van der Waals surface area contributed by atoms with Crippen molar-refractivity contribution in [3.8, 4) is 5.75 Å². The summed E-state index contributed by atoms with van der Waals surface area (Å²) in [6.45, 7) is 6.32. The van der Waals surface area contributed by atoms with Gasteiger partial charge in [-0.15, -0.1) is 0 Å². The van der Waals surface area contributed by atoms with Crippen LogP contribution in [0.2, 0.25) is 0 Å². The highest BCUT2D eigenvalue weighted by molar-refractivity contribution is 5.94. The molecule has 0 bridgehead atoms. The minimum atomic E-state index is -0.264. The van der Waals surface area contributed by atoms with E-state index in [0.717, 1.165) is 11.3 Å². The number of amides is 3. The van der Waals surface area contributed by atoms with Crippen LogP contribution in [0, 0.1) is 0 Å². The van der Waals surface area contributed by atoms with Crippen molar-refractivity contribution < 1.29 is 19.1 Å². The number of carbonyl (C=O) groups excluding carboxylic acids is 3. The van der Waals surface area contributed by atoms with Crippen molar-refractivity contribution >= 4 is 23.4 Å².